The maximum Gasteiger partial charge on any atom is 0.269 e. The van der Waals surface area contributed by atoms with Gasteiger partial charge in [-0.3, -0.25) is 9.78 Å². The number of likely N-dealkylation sites (tertiary alicyclic amines) is 1. The standard InChI is InChI=1S/C22H26F2N4O3S/c1-2-16-17(18-7-3-4-11-26-18)6-5-8-20(16)32(30,31)27-19(14-25)22(29)28-12-9-15(10-13-28)21(23)24/h3-8,11,19,27H,2,9-10,12-14,25H2,1H3/t19-/m0/s1. The van der Waals surface area contributed by atoms with Gasteiger partial charge in [-0.2, -0.15) is 13.5 Å². The third-order valence-corrected chi connectivity index (χ3v) is 7.05. The van der Waals surface area contributed by atoms with Crippen LogP contribution in [0.2, 0.25) is 0 Å². The van der Waals surface area contributed by atoms with Gasteiger partial charge in [0.1, 0.15) is 6.04 Å². The first-order valence-electron chi connectivity index (χ1n) is 10.4. The van der Waals surface area contributed by atoms with E-state index in [2.05, 4.69) is 9.71 Å². The quantitative estimate of drug-likeness (QED) is 0.656. The molecule has 0 radical (unpaired) electrons. The van der Waals surface area contributed by atoms with Crippen LogP contribution in [-0.2, 0) is 21.2 Å². The van der Waals surface area contributed by atoms with Crippen LogP contribution in [0, 0.1) is 0 Å². The summed E-state index contributed by atoms with van der Waals surface area (Å²) >= 11 is 0. The summed E-state index contributed by atoms with van der Waals surface area (Å²) in [5.41, 5.74) is 7.66. The molecule has 7 nitrogen and oxygen atoms in total. The number of nitrogens with one attached hydrogen (secondary N) is 1. The number of amides is 1. The number of carbonyl (C=O) groups is 1. The maximum atomic E-state index is 13.2. The molecule has 1 saturated heterocycles. The molecular formula is C22H26F2N4O3S. The van der Waals surface area contributed by atoms with Crippen molar-refractivity contribution >= 4 is 15.9 Å². The second-order valence-electron chi connectivity index (χ2n) is 7.45. The number of halogens is 2. The highest BCUT2D eigenvalue weighted by Crippen LogP contribution is 2.28. The second kappa shape index (κ2) is 10.3. The Morgan fingerprint density at radius 3 is 2.47 bits per heavy atom. The highest BCUT2D eigenvalue weighted by molar-refractivity contribution is 7.89. The van der Waals surface area contributed by atoms with Crippen molar-refractivity contribution in [3.63, 3.8) is 0 Å². The zero-order valence-corrected chi connectivity index (χ0v) is 18.5. The summed E-state index contributed by atoms with van der Waals surface area (Å²) in [6.07, 6.45) is 0.466. The van der Waals surface area contributed by atoms with Gasteiger partial charge >= 0.3 is 0 Å². The predicted molar refractivity (Wildman–Crippen MR) is 117 cm³/mol. The van der Waals surface area contributed by atoms with Gasteiger partial charge in [0.05, 0.1) is 10.6 Å². The Bertz CT molecular complexity index is 1090. The molecule has 1 amide bonds. The molecule has 1 aliphatic heterocycles. The maximum absolute atomic E-state index is 13.2. The minimum Gasteiger partial charge on any atom is -0.341 e. The monoisotopic (exact) mass is 464 g/mol. The van der Waals surface area contributed by atoms with Crippen molar-refractivity contribution in [1.82, 2.24) is 14.6 Å². The Morgan fingerprint density at radius 1 is 1.19 bits per heavy atom. The molecule has 3 N–H and O–H groups in total. The number of hydrogen-bond donors (Lipinski definition) is 2. The summed E-state index contributed by atoms with van der Waals surface area (Å²) < 4.78 is 54.4. The summed E-state index contributed by atoms with van der Waals surface area (Å²) in [5.74, 6) is -0.520. The molecule has 2 aromatic rings. The lowest BCUT2D eigenvalue weighted by Gasteiger charge is -2.31. The summed E-state index contributed by atoms with van der Waals surface area (Å²) in [6, 6.07) is 9.10. The van der Waals surface area contributed by atoms with E-state index in [0.29, 0.717) is 23.2 Å². The van der Waals surface area contributed by atoms with Gasteiger partial charge in [-0.15, -0.1) is 0 Å². The largest absolute Gasteiger partial charge is 0.341 e. The summed E-state index contributed by atoms with van der Waals surface area (Å²) in [7, 11) is -4.09. The number of pyridine rings is 1. The molecule has 1 atom stereocenters. The molecule has 1 aromatic carbocycles. The topological polar surface area (TPSA) is 105 Å². The fourth-order valence-electron chi connectivity index (χ4n) is 3.80. The Balaban J connectivity index is 1.85. The smallest absolute Gasteiger partial charge is 0.269 e. The number of carbonyl (C=O) groups excluding carboxylic acids is 1. The number of nitrogens with two attached hydrogens (primary N) is 1. The Kier molecular flexibility index (Phi) is 7.70. The van der Waals surface area contributed by atoms with Crippen LogP contribution >= 0.6 is 0 Å². The van der Waals surface area contributed by atoms with E-state index in [-0.39, 0.29) is 42.9 Å². The first-order valence-corrected chi connectivity index (χ1v) is 11.8. The van der Waals surface area contributed by atoms with Gasteiger partial charge in [0.2, 0.25) is 15.9 Å². The number of piperidine rings is 1. The lowest BCUT2D eigenvalue weighted by atomic mass is 10.0. The molecule has 1 aliphatic rings. The van der Waals surface area contributed by atoms with Crippen LogP contribution in [0.3, 0.4) is 0 Å². The first-order chi connectivity index (χ1) is 15.3. The molecule has 172 valence electrons. The van der Waals surface area contributed by atoms with Crippen molar-refractivity contribution in [1.29, 1.82) is 0 Å². The molecule has 0 spiro atoms. The van der Waals surface area contributed by atoms with Gasteiger partial charge in [-0.1, -0.05) is 25.1 Å². The number of sulfonamides is 1. The third kappa shape index (κ3) is 5.20. The van der Waals surface area contributed by atoms with Gasteiger partial charge in [0.15, 0.2) is 0 Å². The van der Waals surface area contributed by atoms with Crippen molar-refractivity contribution in [3.05, 3.63) is 59.8 Å². The van der Waals surface area contributed by atoms with Crippen molar-refractivity contribution in [2.24, 2.45) is 5.73 Å². The molecule has 0 aliphatic carbocycles. The number of aromatic nitrogens is 1. The normalized spacial score (nSPS) is 15.5. The van der Waals surface area contributed by atoms with Crippen molar-refractivity contribution in [2.45, 2.75) is 37.1 Å². The third-order valence-electron chi connectivity index (χ3n) is 5.49. The zero-order valence-electron chi connectivity index (χ0n) is 17.7. The van der Waals surface area contributed by atoms with Gasteiger partial charge in [-0.05, 0) is 48.6 Å². The van der Waals surface area contributed by atoms with E-state index in [1.807, 2.05) is 13.0 Å². The molecule has 1 fully saturated rings. The Morgan fingerprint density at radius 2 is 1.91 bits per heavy atom. The average molecular weight is 465 g/mol. The molecular weight excluding hydrogens is 438 g/mol. The predicted octanol–water partition coefficient (Wildman–Crippen LogP) is 2.69. The van der Waals surface area contributed by atoms with Crippen LogP contribution in [-0.4, -0.2) is 49.9 Å². The van der Waals surface area contributed by atoms with Crippen LogP contribution in [0.5, 0.6) is 0 Å². The molecule has 0 unspecified atom stereocenters. The van der Waals surface area contributed by atoms with Crippen LogP contribution < -0.4 is 10.5 Å². The van der Waals surface area contributed by atoms with Crippen molar-refractivity contribution < 1.29 is 22.0 Å². The van der Waals surface area contributed by atoms with Crippen LogP contribution in [0.4, 0.5) is 8.78 Å². The fourth-order valence-corrected chi connectivity index (χ4v) is 5.34. The van der Waals surface area contributed by atoms with Crippen molar-refractivity contribution in [3.8, 4) is 11.3 Å². The van der Waals surface area contributed by atoms with Gasteiger partial charge in [0.25, 0.3) is 6.08 Å². The summed E-state index contributed by atoms with van der Waals surface area (Å²) in [6.45, 7) is 1.78. The molecule has 0 bridgehead atoms. The number of nitrogens with zero attached hydrogens (tertiary/aromatic N) is 2. The minimum absolute atomic E-state index is 0.0258. The second-order valence-corrected chi connectivity index (χ2v) is 9.13. The van der Waals surface area contributed by atoms with Crippen LogP contribution in [0.25, 0.3) is 11.3 Å². The highest BCUT2D eigenvalue weighted by Gasteiger charge is 2.31. The average Bonchev–Trinajstić information content (AvgIpc) is 2.82. The lowest BCUT2D eigenvalue weighted by molar-refractivity contribution is -0.133. The Hall–Kier alpha value is -2.69. The first kappa shape index (κ1) is 24.0. The van der Waals surface area contributed by atoms with E-state index in [9.17, 15) is 22.0 Å². The number of benzene rings is 1. The van der Waals surface area contributed by atoms with E-state index in [4.69, 9.17) is 5.73 Å². The zero-order chi connectivity index (χ0) is 23.3. The molecule has 1 aromatic heterocycles. The minimum atomic E-state index is -4.09. The van der Waals surface area contributed by atoms with E-state index in [1.165, 1.54) is 11.0 Å². The van der Waals surface area contributed by atoms with Gasteiger partial charge in [-0.25, -0.2) is 8.42 Å². The summed E-state index contributed by atoms with van der Waals surface area (Å²) in [4.78, 5) is 18.6. The van der Waals surface area contributed by atoms with E-state index < -0.39 is 28.1 Å². The van der Waals surface area contributed by atoms with E-state index in [0.717, 1.165) is 0 Å². The molecule has 2 heterocycles. The van der Waals surface area contributed by atoms with Gasteiger partial charge < -0.3 is 10.6 Å². The molecule has 32 heavy (non-hydrogen) atoms. The van der Waals surface area contributed by atoms with E-state index in [1.54, 1.807) is 30.5 Å². The molecule has 0 saturated carbocycles. The van der Waals surface area contributed by atoms with Crippen LogP contribution in [0.1, 0.15) is 25.3 Å². The van der Waals surface area contributed by atoms with Crippen molar-refractivity contribution in [2.75, 3.05) is 19.6 Å². The van der Waals surface area contributed by atoms with Crippen LogP contribution in [0.15, 0.2) is 59.1 Å². The molecule has 3 rings (SSSR count). The SMILES string of the molecule is CCc1c(-c2ccccn2)cccc1S(=O)(=O)N[C@@H](CN)C(=O)N1CCC(=C(F)F)CC1. The number of hydrogen-bond acceptors (Lipinski definition) is 5. The van der Waals surface area contributed by atoms with Gasteiger partial charge in [0, 0.05) is 31.4 Å². The lowest BCUT2D eigenvalue weighted by Crippen LogP contribution is -2.53. The fraction of sp³-hybridized carbons (Fsp3) is 0.364. The highest BCUT2D eigenvalue weighted by atomic mass is 32.2. The molecule has 10 heteroatoms. The summed E-state index contributed by atoms with van der Waals surface area (Å²) in [5, 5.41) is 0. The number of rotatable bonds is 7. The van der Waals surface area contributed by atoms with E-state index >= 15 is 0 Å². The Labute approximate surface area is 186 Å².